The number of carboxylic acids is 1. The van der Waals surface area contributed by atoms with E-state index in [1.54, 1.807) is 30.3 Å². The minimum atomic E-state index is -5.08. The fourth-order valence-electron chi connectivity index (χ4n) is 2.81. The molecule has 1 atom stereocenters. The Morgan fingerprint density at radius 1 is 1.32 bits per heavy atom. The monoisotopic (exact) mass is 463 g/mol. The van der Waals surface area contributed by atoms with Gasteiger partial charge in [0.1, 0.15) is 11.6 Å². The summed E-state index contributed by atoms with van der Waals surface area (Å²) in [6.45, 7) is 4.07. The summed E-state index contributed by atoms with van der Waals surface area (Å²) in [7, 11) is 3.48. The van der Waals surface area contributed by atoms with E-state index < -0.39 is 12.1 Å². The van der Waals surface area contributed by atoms with E-state index in [-0.39, 0.29) is 12.5 Å². The Morgan fingerprint density at radius 3 is 2.61 bits per heavy atom. The number of fused-ring (bicyclic) bond motifs is 1. The number of aliphatic carboxylic acids is 1. The Hall–Kier alpha value is -2.51. The SMILES string of the molecule is CN(C)C(=O)COCC1CN(Cc2nccs2)Cc2ccnn2C1.O=C(O)C(F)(F)F. The number of amides is 1. The lowest BCUT2D eigenvalue weighted by Crippen LogP contribution is -2.32. The van der Waals surface area contributed by atoms with Gasteiger partial charge in [-0.05, 0) is 6.07 Å². The van der Waals surface area contributed by atoms with Crippen molar-refractivity contribution in [1.82, 2.24) is 24.6 Å². The van der Waals surface area contributed by atoms with Gasteiger partial charge in [-0.3, -0.25) is 14.4 Å². The van der Waals surface area contributed by atoms with Crippen molar-refractivity contribution in [2.24, 2.45) is 5.92 Å². The molecule has 0 spiro atoms. The zero-order valence-electron chi connectivity index (χ0n) is 17.1. The van der Waals surface area contributed by atoms with Crippen molar-refractivity contribution in [2.75, 3.05) is 33.9 Å². The van der Waals surface area contributed by atoms with Crippen LogP contribution in [0.4, 0.5) is 13.2 Å². The molecule has 1 amide bonds. The number of hydrogen-bond acceptors (Lipinski definition) is 7. The average molecular weight is 463 g/mol. The van der Waals surface area contributed by atoms with Crippen LogP contribution in [0.15, 0.2) is 23.8 Å². The van der Waals surface area contributed by atoms with Gasteiger partial charge >= 0.3 is 12.1 Å². The van der Waals surface area contributed by atoms with Crippen LogP contribution in [-0.4, -0.2) is 81.6 Å². The Morgan fingerprint density at radius 2 is 2.03 bits per heavy atom. The predicted octanol–water partition coefficient (Wildman–Crippen LogP) is 1.71. The quantitative estimate of drug-likeness (QED) is 0.696. The van der Waals surface area contributed by atoms with Gasteiger partial charge in [-0.25, -0.2) is 9.78 Å². The second-order valence-corrected chi connectivity index (χ2v) is 8.05. The van der Waals surface area contributed by atoms with E-state index in [0.29, 0.717) is 12.5 Å². The third-order valence-corrected chi connectivity index (χ3v) is 5.06. The van der Waals surface area contributed by atoms with Crippen LogP contribution < -0.4 is 0 Å². The number of hydrogen-bond donors (Lipinski definition) is 1. The van der Waals surface area contributed by atoms with Crippen molar-refractivity contribution in [3.8, 4) is 0 Å². The first-order valence-corrected chi connectivity index (χ1v) is 10.1. The molecule has 9 nitrogen and oxygen atoms in total. The molecule has 3 rings (SSSR count). The maximum absolute atomic E-state index is 11.7. The fraction of sp³-hybridized carbons (Fsp3) is 0.556. The molecule has 1 aliphatic rings. The molecule has 2 aromatic rings. The number of alkyl halides is 3. The van der Waals surface area contributed by atoms with Crippen molar-refractivity contribution in [1.29, 1.82) is 0 Å². The molecule has 0 aliphatic carbocycles. The minimum absolute atomic E-state index is 0.0111. The zero-order valence-corrected chi connectivity index (χ0v) is 17.9. The molecule has 0 fully saturated rings. The van der Waals surface area contributed by atoms with E-state index in [2.05, 4.69) is 21.0 Å². The summed E-state index contributed by atoms with van der Waals surface area (Å²) < 4.78 is 39.4. The van der Waals surface area contributed by atoms with E-state index in [0.717, 1.165) is 31.2 Å². The van der Waals surface area contributed by atoms with E-state index >= 15 is 0 Å². The normalized spacial score (nSPS) is 16.6. The van der Waals surface area contributed by atoms with Crippen LogP contribution in [0.3, 0.4) is 0 Å². The molecular weight excluding hydrogens is 439 g/mol. The van der Waals surface area contributed by atoms with Gasteiger partial charge in [0.25, 0.3) is 0 Å². The Labute approximate surface area is 181 Å². The highest BCUT2D eigenvalue weighted by Gasteiger charge is 2.38. The molecule has 0 bridgehead atoms. The second-order valence-electron chi connectivity index (χ2n) is 7.07. The van der Waals surface area contributed by atoms with Crippen molar-refractivity contribution in [3.05, 3.63) is 34.5 Å². The highest BCUT2D eigenvalue weighted by molar-refractivity contribution is 7.09. The van der Waals surface area contributed by atoms with Gasteiger partial charge < -0.3 is 14.7 Å². The first-order chi connectivity index (χ1) is 14.6. The van der Waals surface area contributed by atoms with Crippen LogP contribution in [0.2, 0.25) is 0 Å². The van der Waals surface area contributed by atoms with Crippen LogP contribution in [0.5, 0.6) is 0 Å². The molecule has 0 saturated heterocycles. The Balaban J connectivity index is 0.000000423. The summed E-state index contributed by atoms with van der Waals surface area (Å²) >= 11 is 1.68. The van der Waals surface area contributed by atoms with Crippen molar-refractivity contribution >= 4 is 23.2 Å². The summed E-state index contributed by atoms with van der Waals surface area (Å²) in [5.74, 6) is -2.48. The zero-order chi connectivity index (χ0) is 23.0. The molecular formula is C18H24F3N5O4S. The number of aromatic nitrogens is 3. The molecule has 172 valence electrons. The van der Waals surface area contributed by atoms with Gasteiger partial charge in [0.2, 0.25) is 5.91 Å². The van der Waals surface area contributed by atoms with Gasteiger partial charge in [0.05, 0.1) is 18.8 Å². The predicted molar refractivity (Wildman–Crippen MR) is 105 cm³/mol. The number of ether oxygens (including phenoxy) is 1. The number of likely N-dealkylation sites (N-methyl/N-ethyl adjacent to an activating group) is 1. The standard InChI is InChI=1S/C16H23N5O2S.C2HF3O2/c1-19(2)16(22)12-23-11-13-7-20(10-15-17-5-6-24-15)9-14-3-4-18-21(14)8-13;3-2(4,5)1(6)7/h3-6,13H,7-12H2,1-2H3;(H,6,7). The highest BCUT2D eigenvalue weighted by Crippen LogP contribution is 2.19. The number of carboxylic acid groups (broad SMARTS) is 1. The maximum atomic E-state index is 11.7. The first-order valence-electron chi connectivity index (χ1n) is 9.25. The van der Waals surface area contributed by atoms with Gasteiger partial charge in [0, 0.05) is 57.4 Å². The summed E-state index contributed by atoms with van der Waals surface area (Å²) in [5.41, 5.74) is 1.21. The van der Waals surface area contributed by atoms with Crippen LogP contribution in [0, 0.1) is 5.92 Å². The van der Waals surface area contributed by atoms with Gasteiger partial charge in [-0.1, -0.05) is 0 Å². The number of thiazole rings is 1. The van der Waals surface area contributed by atoms with Crippen molar-refractivity contribution in [3.63, 3.8) is 0 Å². The molecule has 0 saturated carbocycles. The van der Waals surface area contributed by atoms with Gasteiger partial charge in [0.15, 0.2) is 0 Å². The second kappa shape index (κ2) is 11.2. The summed E-state index contributed by atoms with van der Waals surface area (Å²) in [4.78, 5) is 28.9. The Bertz CT molecular complexity index is 842. The molecule has 13 heteroatoms. The summed E-state index contributed by atoms with van der Waals surface area (Å²) in [6, 6.07) is 2.06. The lowest BCUT2D eigenvalue weighted by atomic mass is 10.1. The van der Waals surface area contributed by atoms with Gasteiger partial charge in [-0.15, -0.1) is 11.3 Å². The lowest BCUT2D eigenvalue weighted by molar-refractivity contribution is -0.192. The van der Waals surface area contributed by atoms with Crippen LogP contribution >= 0.6 is 11.3 Å². The van der Waals surface area contributed by atoms with E-state index in [1.807, 2.05) is 22.5 Å². The molecule has 1 unspecified atom stereocenters. The van der Waals surface area contributed by atoms with E-state index in [4.69, 9.17) is 14.6 Å². The molecule has 3 heterocycles. The summed E-state index contributed by atoms with van der Waals surface area (Å²) in [6.07, 6.45) is -1.40. The number of nitrogens with zero attached hydrogens (tertiary/aromatic N) is 5. The lowest BCUT2D eigenvalue weighted by Gasteiger charge is -2.23. The topological polar surface area (TPSA) is 101 Å². The van der Waals surface area contributed by atoms with E-state index in [1.165, 1.54) is 5.69 Å². The summed E-state index contributed by atoms with van der Waals surface area (Å²) in [5, 5.41) is 14.7. The maximum Gasteiger partial charge on any atom is 0.490 e. The highest BCUT2D eigenvalue weighted by atomic mass is 32.1. The molecule has 0 radical (unpaired) electrons. The largest absolute Gasteiger partial charge is 0.490 e. The molecule has 2 aromatic heterocycles. The Kier molecular flexibility index (Phi) is 8.95. The average Bonchev–Trinajstić information content (AvgIpc) is 3.30. The van der Waals surface area contributed by atoms with Crippen molar-refractivity contribution in [2.45, 2.75) is 25.8 Å². The molecule has 1 N–H and O–H groups in total. The molecule has 1 aliphatic heterocycles. The fourth-order valence-corrected chi connectivity index (χ4v) is 3.47. The third-order valence-electron chi connectivity index (χ3n) is 4.30. The molecule has 31 heavy (non-hydrogen) atoms. The van der Waals surface area contributed by atoms with Crippen LogP contribution in [-0.2, 0) is 34.0 Å². The number of carbonyl (C=O) groups is 2. The van der Waals surface area contributed by atoms with Crippen molar-refractivity contribution < 1.29 is 32.6 Å². The van der Waals surface area contributed by atoms with Crippen LogP contribution in [0.25, 0.3) is 0 Å². The molecule has 0 aromatic carbocycles. The first kappa shape index (κ1) is 24.8. The van der Waals surface area contributed by atoms with Crippen LogP contribution in [0.1, 0.15) is 10.7 Å². The van der Waals surface area contributed by atoms with E-state index in [9.17, 15) is 18.0 Å². The minimum Gasteiger partial charge on any atom is -0.475 e. The van der Waals surface area contributed by atoms with Gasteiger partial charge in [-0.2, -0.15) is 18.3 Å². The number of halogens is 3. The third kappa shape index (κ3) is 8.26. The number of carbonyl (C=O) groups excluding carboxylic acids is 1. The smallest absolute Gasteiger partial charge is 0.475 e. The number of rotatable bonds is 6.